The van der Waals surface area contributed by atoms with Gasteiger partial charge in [-0.3, -0.25) is 0 Å². The normalized spacial score (nSPS) is 11.0. The largest absolute Gasteiger partial charge is 2.00 e. The number of hydrogen-bond donors (Lipinski definition) is 2. The first-order valence-electron chi connectivity index (χ1n) is 5.39. The summed E-state index contributed by atoms with van der Waals surface area (Å²) in [5.41, 5.74) is 3.39. The molecule has 0 aromatic carbocycles. The summed E-state index contributed by atoms with van der Waals surface area (Å²) in [6.45, 7) is -0.929. The van der Waals surface area contributed by atoms with Gasteiger partial charge in [0.25, 0.3) is 0 Å². The predicted octanol–water partition coefficient (Wildman–Crippen LogP) is -13.2. The molecular weight excluding hydrogens is 381 g/mol. The van der Waals surface area contributed by atoms with Crippen molar-refractivity contribution in [2.75, 3.05) is 6.54 Å². The van der Waals surface area contributed by atoms with Crippen LogP contribution in [0.5, 0.6) is 0 Å². The molecule has 1 atom stereocenters. The Morgan fingerprint density at radius 2 is 1.26 bits per heavy atom. The van der Waals surface area contributed by atoms with E-state index >= 15 is 0 Å². The number of nitrogens with one attached hydrogen (secondary N) is 1. The second-order valence-electron chi connectivity index (χ2n) is 4.16. The molecule has 0 amide bonds. The van der Waals surface area contributed by atoms with E-state index in [1.165, 1.54) is 0 Å². The van der Waals surface area contributed by atoms with Gasteiger partial charge in [-0.15, -0.1) is 0 Å². The van der Waals surface area contributed by atoms with Crippen LogP contribution in [0.1, 0.15) is 19.3 Å². The molecule has 0 aromatic rings. The van der Waals surface area contributed by atoms with Gasteiger partial charge in [-0.25, -0.2) is 0 Å². The molecule has 0 aliphatic rings. The minimum absolute atomic E-state index is 0. The number of carboxylic acid groups (broad SMARTS) is 4. The van der Waals surface area contributed by atoms with E-state index in [-0.39, 0.29) is 75.6 Å². The van der Waals surface area contributed by atoms with Crippen molar-refractivity contribution >= 4 is 23.9 Å². The first-order chi connectivity index (χ1) is 9.09. The number of hydrogen-bond acceptors (Lipinski definition) is 10. The van der Waals surface area contributed by atoms with Crippen LogP contribution in [0.15, 0.2) is 0 Å². The fourth-order valence-electron chi connectivity index (χ4n) is 1.72. The number of nitrogens with two attached hydrogens (primary N) is 1. The zero-order chi connectivity index (χ0) is 15.9. The van der Waals surface area contributed by atoms with Crippen LogP contribution >= 0.6 is 0 Å². The zero-order valence-corrected chi connectivity index (χ0v) is 17.6. The van der Waals surface area contributed by atoms with Gasteiger partial charge in [0.1, 0.15) is 0 Å². The van der Waals surface area contributed by atoms with Crippen LogP contribution in [0.2, 0.25) is 0 Å². The third-order valence-corrected chi connectivity index (χ3v) is 2.60. The van der Waals surface area contributed by atoms with Crippen molar-refractivity contribution in [3.8, 4) is 0 Å². The number of aliphatic carboxylic acids is 4. The average Bonchev–Trinajstić information content (AvgIpc) is 2.23. The Bertz CT molecular complexity index is 408. The van der Waals surface area contributed by atoms with E-state index in [1.54, 1.807) is 0 Å². The second-order valence-corrected chi connectivity index (χ2v) is 4.16. The molecule has 0 fully saturated rings. The number of rotatable bonds is 10. The maximum atomic E-state index is 10.7. The van der Waals surface area contributed by atoms with Gasteiger partial charge in [0.15, 0.2) is 0 Å². The minimum atomic E-state index is -2.07. The van der Waals surface area contributed by atoms with Gasteiger partial charge in [0, 0.05) is 55.3 Å². The van der Waals surface area contributed by atoms with E-state index in [0.29, 0.717) is 0 Å². The van der Waals surface area contributed by atoms with Gasteiger partial charge < -0.3 is 50.7 Å². The van der Waals surface area contributed by atoms with Crippen molar-refractivity contribution in [1.82, 2.24) is 5.32 Å². The Labute approximate surface area is 186 Å². The van der Waals surface area contributed by atoms with Crippen molar-refractivity contribution < 1.29 is 115 Å². The Hall–Kier alpha value is 0.294. The van der Waals surface area contributed by atoms with Gasteiger partial charge in [0.2, 0.25) is 0 Å². The van der Waals surface area contributed by atoms with Gasteiger partial charge >= 0.3 is 75.6 Å². The maximum absolute atomic E-state index is 10.7. The summed E-state index contributed by atoms with van der Waals surface area (Å²) >= 11 is 0. The van der Waals surface area contributed by atoms with Crippen LogP contribution in [-0.4, -0.2) is 42.0 Å². The van der Waals surface area contributed by atoms with Crippen molar-refractivity contribution in [2.45, 2.75) is 30.8 Å². The van der Waals surface area contributed by atoms with E-state index in [0.717, 1.165) is 0 Å². The summed E-state index contributed by atoms with van der Waals surface area (Å²) in [4.78, 5) is 42.3. The summed E-state index contributed by atoms with van der Waals surface area (Å²) < 4.78 is 0. The standard InChI is InChI=1S/C10H16N2O8.2Na.Ni/c11-5(1-6(13)14)10(2-7(15)16,3-8(17)18)12-4-9(19)20;;;/h5,12H,1-4,11H2,(H,13,14)(H,15,16)(H,17,18)(H,19,20);;;/q;2*+1;+2/p-4. The van der Waals surface area contributed by atoms with Crippen LogP contribution in [-0.2, 0) is 35.7 Å². The van der Waals surface area contributed by atoms with Gasteiger partial charge in [-0.2, -0.15) is 0 Å². The zero-order valence-electron chi connectivity index (χ0n) is 12.6. The Morgan fingerprint density at radius 3 is 1.52 bits per heavy atom. The SMILES string of the molecule is NC(CC(=O)[O-])C(CC(=O)[O-])(CC(=O)[O-])NCC(=O)[O-].[Na+].[Na+].[Ni+2]. The summed E-state index contributed by atoms with van der Waals surface area (Å²) in [6, 6.07) is -1.55. The Kier molecular flexibility index (Phi) is 19.8. The van der Waals surface area contributed by atoms with Crippen molar-refractivity contribution in [2.24, 2.45) is 5.73 Å². The average molecular weight is 393 g/mol. The van der Waals surface area contributed by atoms with Crippen LogP contribution in [0.4, 0.5) is 0 Å². The van der Waals surface area contributed by atoms with Gasteiger partial charge in [-0.1, -0.05) is 0 Å². The van der Waals surface area contributed by atoms with Crippen LogP contribution in [0.3, 0.4) is 0 Å². The third kappa shape index (κ3) is 13.3. The molecule has 3 N–H and O–H groups in total. The van der Waals surface area contributed by atoms with E-state index in [1.807, 2.05) is 0 Å². The molecule has 0 bridgehead atoms. The van der Waals surface area contributed by atoms with Crippen molar-refractivity contribution in [3.05, 3.63) is 0 Å². The monoisotopic (exact) mass is 392 g/mol. The van der Waals surface area contributed by atoms with Crippen LogP contribution < -0.4 is 90.6 Å². The van der Waals surface area contributed by atoms with Gasteiger partial charge in [-0.05, 0) is 0 Å². The molecule has 0 aliphatic heterocycles. The quantitative estimate of drug-likeness (QED) is 0.336. The molecule has 10 nitrogen and oxygen atoms in total. The topological polar surface area (TPSA) is 199 Å². The number of carboxylic acids is 4. The van der Waals surface area contributed by atoms with Crippen LogP contribution in [0, 0.1) is 0 Å². The van der Waals surface area contributed by atoms with E-state index in [9.17, 15) is 39.6 Å². The summed E-state index contributed by atoms with van der Waals surface area (Å²) in [5.74, 6) is -6.81. The fraction of sp³-hybridized carbons (Fsp3) is 0.600. The number of carbonyl (C=O) groups excluding carboxylic acids is 4. The van der Waals surface area contributed by atoms with E-state index in [2.05, 4.69) is 5.32 Å². The van der Waals surface area contributed by atoms with Gasteiger partial charge in [0.05, 0.1) is 5.97 Å². The minimum Gasteiger partial charge on any atom is -0.550 e. The first-order valence-corrected chi connectivity index (χ1v) is 5.39. The summed E-state index contributed by atoms with van der Waals surface area (Å²) in [6.07, 6.45) is -2.94. The molecule has 0 saturated carbocycles. The Morgan fingerprint density at radius 1 is 0.870 bits per heavy atom. The Balaban J connectivity index is -0.000000602. The third-order valence-electron chi connectivity index (χ3n) is 2.60. The number of carbonyl (C=O) groups is 4. The second kappa shape index (κ2) is 14.6. The summed E-state index contributed by atoms with van der Waals surface area (Å²) in [7, 11) is 0. The molecule has 23 heavy (non-hydrogen) atoms. The molecule has 13 heteroatoms. The first kappa shape index (κ1) is 31.1. The molecule has 1 unspecified atom stereocenters. The molecule has 0 radical (unpaired) electrons. The fourth-order valence-corrected chi connectivity index (χ4v) is 1.72. The molecule has 0 aliphatic carbocycles. The molecule has 0 saturated heterocycles. The summed E-state index contributed by atoms with van der Waals surface area (Å²) in [5, 5.41) is 44.3. The molecule has 0 spiro atoms. The molecule has 0 rings (SSSR count). The molecular formula is C10H12N2Na2NiO8. The van der Waals surface area contributed by atoms with Crippen molar-refractivity contribution in [1.29, 1.82) is 0 Å². The predicted molar refractivity (Wildman–Crippen MR) is 52.6 cm³/mol. The van der Waals surface area contributed by atoms with E-state index in [4.69, 9.17) is 5.73 Å². The molecule has 122 valence electrons. The van der Waals surface area contributed by atoms with Crippen molar-refractivity contribution in [3.63, 3.8) is 0 Å². The van der Waals surface area contributed by atoms with E-state index < -0.39 is 61.3 Å². The van der Waals surface area contributed by atoms with Crippen LogP contribution in [0.25, 0.3) is 0 Å². The molecule has 0 aromatic heterocycles. The molecule has 0 heterocycles. The maximum Gasteiger partial charge on any atom is 2.00 e. The smallest absolute Gasteiger partial charge is 0.550 e.